The Bertz CT molecular complexity index is 255. The molecule has 0 spiro atoms. The van der Waals surface area contributed by atoms with Crippen LogP contribution in [0.5, 0.6) is 0 Å². The predicted molar refractivity (Wildman–Crippen MR) is 78.4 cm³/mol. The maximum absolute atomic E-state index is 9.41. The maximum atomic E-state index is 9.41. The zero-order chi connectivity index (χ0) is 14.3. The molecule has 0 saturated heterocycles. The van der Waals surface area contributed by atoms with Crippen LogP contribution in [0.25, 0.3) is 0 Å². The summed E-state index contributed by atoms with van der Waals surface area (Å²) in [4.78, 5) is 2.41. The summed E-state index contributed by atoms with van der Waals surface area (Å²) >= 11 is 0. The minimum atomic E-state index is -0.460. The molecule has 1 unspecified atom stereocenters. The van der Waals surface area contributed by atoms with Gasteiger partial charge < -0.3 is 0 Å². The maximum Gasteiger partial charge on any atom is 0.116 e. The van der Waals surface area contributed by atoms with Crippen molar-refractivity contribution in [2.75, 3.05) is 19.6 Å². The molecule has 0 aromatic heterocycles. The van der Waals surface area contributed by atoms with Crippen molar-refractivity contribution in [3.8, 4) is 6.07 Å². The molecule has 0 aliphatic heterocycles. The van der Waals surface area contributed by atoms with Crippen LogP contribution in [0.1, 0.15) is 48.5 Å². The van der Waals surface area contributed by atoms with E-state index < -0.39 is 5.54 Å². The molecule has 0 amide bonds. The van der Waals surface area contributed by atoms with Crippen molar-refractivity contribution >= 4 is 0 Å². The third-order valence-corrected chi connectivity index (χ3v) is 2.64. The normalized spacial score (nSPS) is 15.4. The van der Waals surface area contributed by atoms with E-state index in [-0.39, 0.29) is 0 Å². The van der Waals surface area contributed by atoms with Crippen LogP contribution in [0.3, 0.4) is 0 Å². The molecule has 18 heavy (non-hydrogen) atoms. The van der Waals surface area contributed by atoms with Crippen LogP contribution in [0, 0.1) is 23.2 Å². The van der Waals surface area contributed by atoms with Gasteiger partial charge in [-0.1, -0.05) is 27.7 Å². The second-order valence-electron chi connectivity index (χ2n) is 6.72. The van der Waals surface area contributed by atoms with Crippen molar-refractivity contribution in [2.24, 2.45) is 11.8 Å². The van der Waals surface area contributed by atoms with Gasteiger partial charge in [0, 0.05) is 25.7 Å². The van der Waals surface area contributed by atoms with Gasteiger partial charge in [0.05, 0.1) is 6.07 Å². The fraction of sp³-hybridized carbons (Fsp3) is 0.933. The summed E-state index contributed by atoms with van der Waals surface area (Å²) in [5.41, 5.74) is -0.460. The summed E-state index contributed by atoms with van der Waals surface area (Å²) in [6.07, 6.45) is 0. The highest BCUT2D eigenvalue weighted by molar-refractivity contribution is 5.06. The van der Waals surface area contributed by atoms with Gasteiger partial charge in [0.15, 0.2) is 0 Å². The lowest BCUT2D eigenvalue weighted by atomic mass is 10.0. The smallest absolute Gasteiger partial charge is 0.116 e. The van der Waals surface area contributed by atoms with Gasteiger partial charge in [0.1, 0.15) is 5.54 Å². The van der Waals surface area contributed by atoms with E-state index >= 15 is 0 Å². The predicted octanol–water partition coefficient (Wildman–Crippen LogP) is 2.88. The van der Waals surface area contributed by atoms with Gasteiger partial charge in [-0.25, -0.2) is 0 Å². The second-order valence-corrected chi connectivity index (χ2v) is 6.72. The monoisotopic (exact) mass is 253 g/mol. The Hall–Kier alpha value is -0.590. The minimum Gasteiger partial charge on any atom is -0.300 e. The molecule has 3 heteroatoms. The van der Waals surface area contributed by atoms with Crippen LogP contribution in [0.4, 0.5) is 0 Å². The van der Waals surface area contributed by atoms with Crippen LogP contribution in [0.2, 0.25) is 0 Å². The van der Waals surface area contributed by atoms with Crippen molar-refractivity contribution in [3.63, 3.8) is 0 Å². The second kappa shape index (κ2) is 7.76. The van der Waals surface area contributed by atoms with E-state index in [0.717, 1.165) is 19.6 Å². The van der Waals surface area contributed by atoms with Gasteiger partial charge in [-0.3, -0.25) is 10.2 Å². The summed E-state index contributed by atoms with van der Waals surface area (Å²) in [6, 6.07) is 2.76. The van der Waals surface area contributed by atoms with Gasteiger partial charge in [-0.2, -0.15) is 5.26 Å². The molecule has 0 fully saturated rings. The Morgan fingerprint density at radius 2 is 1.50 bits per heavy atom. The lowest BCUT2D eigenvalue weighted by Crippen LogP contribution is -2.53. The Labute approximate surface area is 114 Å². The number of rotatable bonds is 8. The molecule has 0 heterocycles. The van der Waals surface area contributed by atoms with Gasteiger partial charge in [0.2, 0.25) is 0 Å². The quantitative estimate of drug-likeness (QED) is 0.723. The summed E-state index contributed by atoms with van der Waals surface area (Å²) in [5, 5.41) is 12.8. The zero-order valence-electron chi connectivity index (χ0n) is 13.2. The first kappa shape index (κ1) is 17.4. The van der Waals surface area contributed by atoms with Crippen LogP contribution in [-0.2, 0) is 0 Å². The molecular formula is C15H31N3. The highest BCUT2D eigenvalue weighted by Gasteiger charge is 2.27. The average molecular weight is 253 g/mol. The van der Waals surface area contributed by atoms with E-state index in [1.165, 1.54) is 0 Å². The molecule has 0 rings (SSSR count). The van der Waals surface area contributed by atoms with E-state index in [9.17, 15) is 5.26 Å². The van der Waals surface area contributed by atoms with Gasteiger partial charge >= 0.3 is 0 Å². The van der Waals surface area contributed by atoms with E-state index in [4.69, 9.17) is 0 Å². The van der Waals surface area contributed by atoms with Crippen LogP contribution < -0.4 is 5.32 Å². The highest BCUT2D eigenvalue weighted by Crippen LogP contribution is 2.11. The summed E-state index contributed by atoms with van der Waals surface area (Å²) < 4.78 is 0. The molecule has 0 saturated carbocycles. The summed E-state index contributed by atoms with van der Waals surface area (Å²) in [5.74, 6) is 1.26. The molecule has 0 radical (unpaired) electrons. The molecule has 3 nitrogen and oxygen atoms in total. The van der Waals surface area contributed by atoms with Crippen molar-refractivity contribution in [1.82, 2.24) is 10.2 Å². The molecule has 0 aliphatic rings. The fourth-order valence-electron chi connectivity index (χ4n) is 2.43. The van der Waals surface area contributed by atoms with Crippen LogP contribution in [0.15, 0.2) is 0 Å². The lowest BCUT2D eigenvalue weighted by Gasteiger charge is -2.34. The van der Waals surface area contributed by atoms with Crippen molar-refractivity contribution in [2.45, 2.75) is 60.0 Å². The van der Waals surface area contributed by atoms with Gasteiger partial charge in [0.25, 0.3) is 0 Å². The number of nitrogens with one attached hydrogen (secondary N) is 1. The standard InChI is InChI=1S/C15H31N3/c1-12(2)8-18(9-13(3)4)11-15(7,10-16)17-14(5)6/h12-14,17H,8-9,11H2,1-7H3. The Kier molecular flexibility index (Phi) is 7.51. The molecule has 0 aromatic carbocycles. The number of hydrogen-bond acceptors (Lipinski definition) is 3. The number of nitrogens with zero attached hydrogens (tertiary/aromatic N) is 2. The van der Waals surface area contributed by atoms with E-state index in [2.05, 4.69) is 57.8 Å². The topological polar surface area (TPSA) is 39.1 Å². The number of nitriles is 1. The van der Waals surface area contributed by atoms with E-state index in [0.29, 0.717) is 17.9 Å². The first-order chi connectivity index (χ1) is 8.18. The third-order valence-electron chi connectivity index (χ3n) is 2.64. The molecule has 0 bridgehead atoms. The summed E-state index contributed by atoms with van der Waals surface area (Å²) in [7, 11) is 0. The minimum absolute atomic E-state index is 0.328. The SMILES string of the molecule is CC(C)CN(CC(C)C)CC(C)(C#N)NC(C)C. The van der Waals surface area contributed by atoms with Crippen LogP contribution >= 0.6 is 0 Å². The molecule has 1 N–H and O–H groups in total. The molecule has 0 aromatic rings. The van der Waals surface area contributed by atoms with Gasteiger partial charge in [-0.05, 0) is 32.6 Å². The lowest BCUT2D eigenvalue weighted by molar-refractivity contribution is 0.176. The van der Waals surface area contributed by atoms with Crippen molar-refractivity contribution in [3.05, 3.63) is 0 Å². The first-order valence-corrected chi connectivity index (χ1v) is 7.10. The third kappa shape index (κ3) is 7.68. The average Bonchev–Trinajstić information content (AvgIpc) is 2.13. The first-order valence-electron chi connectivity index (χ1n) is 7.10. The molecular weight excluding hydrogens is 222 g/mol. The van der Waals surface area contributed by atoms with Crippen molar-refractivity contribution < 1.29 is 0 Å². The van der Waals surface area contributed by atoms with Crippen LogP contribution in [-0.4, -0.2) is 36.1 Å². The Morgan fingerprint density at radius 3 is 1.78 bits per heavy atom. The molecule has 0 aliphatic carbocycles. The van der Waals surface area contributed by atoms with E-state index in [1.807, 2.05) is 6.92 Å². The van der Waals surface area contributed by atoms with Gasteiger partial charge in [-0.15, -0.1) is 0 Å². The largest absolute Gasteiger partial charge is 0.300 e. The number of hydrogen-bond donors (Lipinski definition) is 1. The molecule has 1 atom stereocenters. The Balaban J connectivity index is 4.65. The molecule has 106 valence electrons. The van der Waals surface area contributed by atoms with E-state index in [1.54, 1.807) is 0 Å². The highest BCUT2D eigenvalue weighted by atomic mass is 15.2. The summed E-state index contributed by atoms with van der Waals surface area (Å²) in [6.45, 7) is 18.0. The van der Waals surface area contributed by atoms with Crippen molar-refractivity contribution in [1.29, 1.82) is 5.26 Å². The Morgan fingerprint density at radius 1 is 1.06 bits per heavy atom. The fourth-order valence-corrected chi connectivity index (χ4v) is 2.43. The zero-order valence-corrected chi connectivity index (χ0v) is 13.2.